The average Bonchev–Trinajstić information content (AvgIpc) is 2.92. The van der Waals surface area contributed by atoms with Gasteiger partial charge in [-0.1, -0.05) is 59.6 Å². The van der Waals surface area contributed by atoms with Crippen LogP contribution in [0.25, 0.3) is 21.7 Å². The van der Waals surface area contributed by atoms with Crippen LogP contribution in [-0.4, -0.2) is 4.98 Å². The van der Waals surface area contributed by atoms with Crippen molar-refractivity contribution in [1.82, 2.24) is 4.98 Å². The van der Waals surface area contributed by atoms with Gasteiger partial charge in [0.05, 0.1) is 20.6 Å². The first-order valence-corrected chi connectivity index (χ1v) is 7.20. The summed E-state index contributed by atoms with van der Waals surface area (Å²) in [6.45, 7) is 0. The SMILES string of the molecule is Clc1ccc(-c2n[c]sc2-c2ccccc2)cc1Cl. The van der Waals surface area contributed by atoms with Crippen molar-refractivity contribution in [3.05, 3.63) is 64.1 Å². The zero-order valence-corrected chi connectivity index (χ0v) is 12.1. The Balaban J connectivity index is 2.12. The summed E-state index contributed by atoms with van der Waals surface area (Å²) in [5, 5.41) is 1.08. The molecule has 93 valence electrons. The van der Waals surface area contributed by atoms with E-state index in [2.05, 4.69) is 22.6 Å². The van der Waals surface area contributed by atoms with Gasteiger partial charge in [0.15, 0.2) is 5.51 Å². The zero-order chi connectivity index (χ0) is 13.2. The highest BCUT2D eigenvalue weighted by Gasteiger charge is 2.12. The molecule has 0 aliphatic carbocycles. The Morgan fingerprint density at radius 1 is 0.895 bits per heavy atom. The molecule has 3 rings (SSSR count). The Morgan fingerprint density at radius 2 is 1.68 bits per heavy atom. The lowest BCUT2D eigenvalue weighted by molar-refractivity contribution is 1.40. The van der Waals surface area contributed by atoms with E-state index in [4.69, 9.17) is 23.2 Å². The molecular weight excluding hydrogens is 297 g/mol. The fourth-order valence-corrected chi connectivity index (χ4v) is 2.88. The molecule has 1 nitrogen and oxygen atoms in total. The monoisotopic (exact) mass is 304 g/mol. The Kier molecular flexibility index (Phi) is 3.56. The first-order chi connectivity index (χ1) is 9.25. The average molecular weight is 305 g/mol. The first kappa shape index (κ1) is 12.7. The van der Waals surface area contributed by atoms with Crippen LogP contribution >= 0.6 is 34.5 Å². The molecule has 1 aromatic heterocycles. The lowest BCUT2D eigenvalue weighted by atomic mass is 10.1. The van der Waals surface area contributed by atoms with Crippen molar-refractivity contribution in [2.24, 2.45) is 0 Å². The molecule has 0 amide bonds. The van der Waals surface area contributed by atoms with E-state index in [1.807, 2.05) is 30.3 Å². The standard InChI is InChI=1S/C15H8Cl2NS/c16-12-7-6-11(8-13(12)17)14-15(19-9-18-14)10-4-2-1-3-5-10/h1-8H. The Hall–Kier alpha value is -1.35. The lowest BCUT2D eigenvalue weighted by Gasteiger charge is -2.04. The van der Waals surface area contributed by atoms with Crippen molar-refractivity contribution in [2.75, 3.05) is 0 Å². The van der Waals surface area contributed by atoms with E-state index >= 15 is 0 Å². The van der Waals surface area contributed by atoms with E-state index in [0.717, 1.165) is 21.7 Å². The van der Waals surface area contributed by atoms with Crippen molar-refractivity contribution in [3.63, 3.8) is 0 Å². The van der Waals surface area contributed by atoms with E-state index in [1.165, 1.54) is 11.3 Å². The Bertz CT molecular complexity index is 707. The molecule has 2 aromatic carbocycles. The molecule has 0 saturated heterocycles. The van der Waals surface area contributed by atoms with Crippen molar-refractivity contribution >= 4 is 34.5 Å². The molecule has 0 spiro atoms. The van der Waals surface area contributed by atoms with Crippen LogP contribution in [-0.2, 0) is 0 Å². The van der Waals surface area contributed by atoms with Crippen LogP contribution in [0.4, 0.5) is 0 Å². The van der Waals surface area contributed by atoms with Gasteiger partial charge >= 0.3 is 0 Å². The van der Waals surface area contributed by atoms with E-state index in [1.54, 1.807) is 6.07 Å². The predicted octanol–water partition coefficient (Wildman–Crippen LogP) is 5.58. The number of hydrogen-bond donors (Lipinski definition) is 0. The van der Waals surface area contributed by atoms with Gasteiger partial charge in [-0.2, -0.15) is 0 Å². The minimum atomic E-state index is 0.533. The number of benzene rings is 2. The Labute approximate surface area is 125 Å². The van der Waals surface area contributed by atoms with Gasteiger partial charge in [-0.3, -0.25) is 0 Å². The quantitative estimate of drug-likeness (QED) is 0.602. The number of thiazole rings is 1. The topological polar surface area (TPSA) is 12.9 Å². The minimum absolute atomic E-state index is 0.533. The predicted molar refractivity (Wildman–Crippen MR) is 81.8 cm³/mol. The maximum absolute atomic E-state index is 6.06. The molecule has 0 unspecified atom stereocenters. The number of aromatic nitrogens is 1. The molecule has 1 radical (unpaired) electrons. The van der Waals surface area contributed by atoms with Gasteiger partial charge in [0.1, 0.15) is 0 Å². The zero-order valence-electron chi connectivity index (χ0n) is 9.73. The molecule has 0 atom stereocenters. The number of nitrogens with zero attached hydrogens (tertiary/aromatic N) is 1. The molecule has 0 aliphatic rings. The van der Waals surface area contributed by atoms with Gasteiger partial charge in [0.25, 0.3) is 0 Å². The summed E-state index contributed by atoms with van der Waals surface area (Å²) in [5.74, 6) is 0. The van der Waals surface area contributed by atoms with Crippen LogP contribution in [0.2, 0.25) is 10.0 Å². The highest BCUT2D eigenvalue weighted by atomic mass is 35.5. The van der Waals surface area contributed by atoms with Gasteiger partial charge in [-0.25, -0.2) is 4.98 Å². The summed E-state index contributed by atoms with van der Waals surface area (Å²) in [5.41, 5.74) is 5.91. The van der Waals surface area contributed by atoms with Crippen LogP contribution < -0.4 is 0 Å². The smallest absolute Gasteiger partial charge is 0.153 e. The summed E-state index contributed by atoms with van der Waals surface area (Å²) < 4.78 is 0. The highest BCUT2D eigenvalue weighted by Crippen LogP contribution is 2.36. The summed E-state index contributed by atoms with van der Waals surface area (Å²) >= 11 is 13.5. The van der Waals surface area contributed by atoms with Crippen LogP contribution in [0.5, 0.6) is 0 Å². The fourth-order valence-electron chi connectivity index (χ4n) is 1.84. The Morgan fingerprint density at radius 3 is 2.42 bits per heavy atom. The maximum Gasteiger partial charge on any atom is 0.153 e. The first-order valence-electron chi connectivity index (χ1n) is 5.63. The molecule has 0 fully saturated rings. The molecule has 1 heterocycles. The number of rotatable bonds is 2. The third kappa shape index (κ3) is 2.52. The third-order valence-electron chi connectivity index (χ3n) is 2.75. The summed E-state index contributed by atoms with van der Waals surface area (Å²) in [6, 6.07) is 15.7. The van der Waals surface area contributed by atoms with E-state index in [9.17, 15) is 0 Å². The second-order valence-corrected chi connectivity index (χ2v) is 5.59. The summed E-state index contributed by atoms with van der Waals surface area (Å²) in [6.07, 6.45) is 0. The van der Waals surface area contributed by atoms with Crippen molar-refractivity contribution < 1.29 is 0 Å². The van der Waals surface area contributed by atoms with Gasteiger partial charge in [0, 0.05) is 5.56 Å². The maximum atomic E-state index is 6.06. The summed E-state index contributed by atoms with van der Waals surface area (Å²) in [7, 11) is 0. The molecular formula is C15H8Cl2NS. The van der Waals surface area contributed by atoms with Crippen LogP contribution in [0, 0.1) is 5.51 Å². The van der Waals surface area contributed by atoms with Gasteiger partial charge in [0.2, 0.25) is 0 Å². The van der Waals surface area contributed by atoms with Gasteiger partial charge in [-0.05, 0) is 17.7 Å². The third-order valence-corrected chi connectivity index (χ3v) is 4.30. The fraction of sp³-hybridized carbons (Fsp3) is 0. The van der Waals surface area contributed by atoms with Crippen LogP contribution in [0.15, 0.2) is 48.5 Å². The van der Waals surface area contributed by atoms with Crippen molar-refractivity contribution in [1.29, 1.82) is 0 Å². The van der Waals surface area contributed by atoms with Crippen LogP contribution in [0.1, 0.15) is 0 Å². The van der Waals surface area contributed by atoms with Crippen molar-refractivity contribution in [2.45, 2.75) is 0 Å². The summed E-state index contributed by atoms with van der Waals surface area (Å²) in [4.78, 5) is 5.41. The van der Waals surface area contributed by atoms with E-state index in [-0.39, 0.29) is 0 Å². The highest BCUT2D eigenvalue weighted by molar-refractivity contribution is 7.13. The molecule has 4 heteroatoms. The van der Waals surface area contributed by atoms with E-state index < -0.39 is 0 Å². The van der Waals surface area contributed by atoms with E-state index in [0.29, 0.717) is 10.0 Å². The molecule has 0 N–H and O–H groups in total. The van der Waals surface area contributed by atoms with Gasteiger partial charge < -0.3 is 0 Å². The molecule has 0 bridgehead atoms. The lowest BCUT2D eigenvalue weighted by Crippen LogP contribution is -1.82. The normalized spacial score (nSPS) is 10.6. The van der Waals surface area contributed by atoms with Crippen molar-refractivity contribution in [3.8, 4) is 21.7 Å². The second-order valence-electron chi connectivity index (χ2n) is 3.98. The largest absolute Gasteiger partial charge is 0.233 e. The number of halogens is 2. The minimum Gasteiger partial charge on any atom is -0.233 e. The van der Waals surface area contributed by atoms with Crippen LogP contribution in [0.3, 0.4) is 0 Å². The second kappa shape index (κ2) is 5.33. The molecule has 0 saturated carbocycles. The molecule has 0 aliphatic heterocycles. The number of hydrogen-bond acceptors (Lipinski definition) is 2. The molecule has 19 heavy (non-hydrogen) atoms. The molecule has 3 aromatic rings. The van der Waals surface area contributed by atoms with Gasteiger partial charge in [-0.15, -0.1) is 11.3 Å².